The van der Waals surface area contributed by atoms with Gasteiger partial charge in [-0.1, -0.05) is 35.9 Å². The number of pyridine rings is 1. The Bertz CT molecular complexity index is 1310. The molecular weight excluding hydrogens is 460 g/mol. The van der Waals surface area contributed by atoms with Crippen molar-refractivity contribution >= 4 is 34.6 Å². The minimum Gasteiger partial charge on any atom is -0.484 e. The molecule has 3 aromatic heterocycles. The van der Waals surface area contributed by atoms with Gasteiger partial charge in [0.15, 0.2) is 4.88 Å². The van der Waals surface area contributed by atoms with E-state index >= 15 is 0 Å². The molecule has 33 heavy (non-hydrogen) atoms. The summed E-state index contributed by atoms with van der Waals surface area (Å²) in [6, 6.07) is 14.9. The van der Waals surface area contributed by atoms with Crippen molar-refractivity contribution in [3.05, 3.63) is 75.9 Å². The molecule has 0 amide bonds. The second kappa shape index (κ2) is 9.17. The van der Waals surface area contributed by atoms with Crippen molar-refractivity contribution < 1.29 is 19.4 Å². The van der Waals surface area contributed by atoms with Crippen molar-refractivity contribution in [3.8, 4) is 16.3 Å². The highest BCUT2D eigenvalue weighted by Gasteiger charge is 2.27. The molecule has 6 nitrogen and oxygen atoms in total. The van der Waals surface area contributed by atoms with Crippen LogP contribution >= 0.6 is 22.9 Å². The van der Waals surface area contributed by atoms with Gasteiger partial charge in [-0.05, 0) is 45.9 Å². The number of esters is 1. The molecule has 0 aliphatic carbocycles. The number of hydrogen-bond donors (Lipinski definition) is 1. The first-order valence-electron chi connectivity index (χ1n) is 10.5. The summed E-state index contributed by atoms with van der Waals surface area (Å²) in [5, 5.41) is 10.5. The van der Waals surface area contributed by atoms with Gasteiger partial charge in [0.05, 0.1) is 22.9 Å². The number of thiophene rings is 1. The number of benzene rings is 1. The third kappa shape index (κ3) is 4.90. The number of fused-ring (bicyclic) bond motifs is 1. The van der Waals surface area contributed by atoms with Gasteiger partial charge in [0.1, 0.15) is 23.1 Å². The number of carbonyl (C=O) groups is 1. The molecule has 0 aliphatic heterocycles. The van der Waals surface area contributed by atoms with E-state index in [-0.39, 0.29) is 6.61 Å². The second-order valence-electron chi connectivity index (χ2n) is 8.58. The highest BCUT2D eigenvalue weighted by Crippen LogP contribution is 2.41. The number of aliphatic hydroxyl groups is 1. The number of nitrogens with zero attached hydrogens (tertiary/aromatic N) is 2. The highest BCUT2D eigenvalue weighted by atomic mass is 35.5. The molecule has 3 heterocycles. The first-order valence-corrected chi connectivity index (χ1v) is 11.7. The maximum absolute atomic E-state index is 13.1. The van der Waals surface area contributed by atoms with Crippen LogP contribution < -0.4 is 4.74 Å². The fraction of sp³-hybridized carbons (Fsp3) is 0.280. The summed E-state index contributed by atoms with van der Waals surface area (Å²) >= 11 is 7.61. The number of aromatic nitrogens is 2. The molecule has 0 saturated carbocycles. The van der Waals surface area contributed by atoms with Crippen molar-refractivity contribution in [1.29, 1.82) is 0 Å². The fourth-order valence-electron chi connectivity index (χ4n) is 3.52. The standard InChI is InChI=1S/C25H25ClN2O4S/c1-15(16-9-5-6-10-17(16)26)31-19-13-20(33-23(19)24(30)32-25(2,3)4)22-18(14-29)27-21-11-7-8-12-28(21)22/h5-13,15,29H,14H2,1-4H3. The first kappa shape index (κ1) is 23.3. The topological polar surface area (TPSA) is 73.1 Å². The minimum absolute atomic E-state index is 0.233. The van der Waals surface area contributed by atoms with Crippen molar-refractivity contribution in [3.63, 3.8) is 0 Å². The molecule has 0 spiro atoms. The van der Waals surface area contributed by atoms with Crippen molar-refractivity contribution in [1.82, 2.24) is 9.38 Å². The number of carbonyl (C=O) groups excluding carboxylic acids is 1. The number of ether oxygens (including phenoxy) is 2. The van der Waals surface area contributed by atoms with Crippen LogP contribution in [0.15, 0.2) is 54.7 Å². The van der Waals surface area contributed by atoms with Gasteiger partial charge in [-0.15, -0.1) is 11.3 Å². The molecule has 4 rings (SSSR count). The Morgan fingerprint density at radius 1 is 1.21 bits per heavy atom. The zero-order valence-corrected chi connectivity index (χ0v) is 20.4. The van der Waals surface area contributed by atoms with E-state index in [1.54, 1.807) is 12.1 Å². The van der Waals surface area contributed by atoms with Gasteiger partial charge in [-0.3, -0.25) is 4.40 Å². The van der Waals surface area contributed by atoms with Gasteiger partial charge >= 0.3 is 5.97 Å². The molecule has 0 radical (unpaired) electrons. The molecule has 0 aliphatic rings. The fourth-order valence-corrected chi connectivity index (χ4v) is 4.84. The van der Waals surface area contributed by atoms with E-state index in [0.717, 1.165) is 10.4 Å². The molecule has 0 saturated heterocycles. The van der Waals surface area contributed by atoms with E-state index in [2.05, 4.69) is 4.98 Å². The van der Waals surface area contributed by atoms with Gasteiger partial charge in [0.25, 0.3) is 0 Å². The van der Waals surface area contributed by atoms with Crippen LogP contribution in [0.4, 0.5) is 0 Å². The molecule has 0 bridgehead atoms. The van der Waals surface area contributed by atoms with E-state index in [4.69, 9.17) is 21.1 Å². The average molecular weight is 485 g/mol. The summed E-state index contributed by atoms with van der Waals surface area (Å²) in [4.78, 5) is 18.7. The quantitative estimate of drug-likeness (QED) is 0.325. The summed E-state index contributed by atoms with van der Waals surface area (Å²) in [6.45, 7) is 7.11. The Kier molecular flexibility index (Phi) is 6.47. The van der Waals surface area contributed by atoms with E-state index in [9.17, 15) is 9.90 Å². The lowest BCUT2D eigenvalue weighted by Crippen LogP contribution is -2.23. The lowest BCUT2D eigenvalue weighted by molar-refractivity contribution is 0.00706. The number of imidazole rings is 1. The van der Waals surface area contributed by atoms with Crippen molar-refractivity contribution in [2.75, 3.05) is 0 Å². The van der Waals surface area contributed by atoms with Crippen LogP contribution in [0.2, 0.25) is 5.02 Å². The van der Waals surface area contributed by atoms with Crippen molar-refractivity contribution in [2.24, 2.45) is 0 Å². The number of halogens is 1. The lowest BCUT2D eigenvalue weighted by atomic mass is 10.1. The summed E-state index contributed by atoms with van der Waals surface area (Å²) in [5.74, 6) is -0.0779. The third-order valence-corrected chi connectivity index (χ3v) is 6.36. The Morgan fingerprint density at radius 3 is 2.64 bits per heavy atom. The van der Waals surface area contributed by atoms with E-state index in [1.807, 2.05) is 74.7 Å². The zero-order chi connectivity index (χ0) is 23.8. The predicted molar refractivity (Wildman–Crippen MR) is 130 cm³/mol. The molecule has 1 aromatic carbocycles. The normalized spacial score (nSPS) is 12.7. The van der Waals surface area contributed by atoms with Crippen LogP contribution in [-0.2, 0) is 11.3 Å². The Morgan fingerprint density at radius 2 is 1.94 bits per heavy atom. The smallest absolute Gasteiger partial charge is 0.352 e. The first-order chi connectivity index (χ1) is 15.7. The van der Waals surface area contributed by atoms with Gasteiger partial charge in [0, 0.05) is 22.8 Å². The van der Waals surface area contributed by atoms with Gasteiger partial charge < -0.3 is 14.6 Å². The molecule has 172 valence electrons. The summed E-state index contributed by atoms with van der Waals surface area (Å²) in [5.41, 5.74) is 2.09. The van der Waals surface area contributed by atoms with Crippen LogP contribution in [0, 0.1) is 0 Å². The van der Waals surface area contributed by atoms with Gasteiger partial charge in [0.2, 0.25) is 0 Å². The molecule has 1 N–H and O–H groups in total. The molecular formula is C25H25ClN2O4S. The lowest BCUT2D eigenvalue weighted by Gasteiger charge is -2.20. The van der Waals surface area contributed by atoms with Crippen LogP contribution in [0.25, 0.3) is 16.2 Å². The van der Waals surface area contributed by atoms with E-state index in [1.165, 1.54) is 11.3 Å². The average Bonchev–Trinajstić information content (AvgIpc) is 3.33. The predicted octanol–water partition coefficient (Wildman–Crippen LogP) is 6.30. The van der Waals surface area contributed by atoms with E-state index in [0.29, 0.717) is 32.7 Å². The summed E-state index contributed by atoms with van der Waals surface area (Å²) in [7, 11) is 0. The maximum Gasteiger partial charge on any atom is 0.352 e. The molecule has 8 heteroatoms. The van der Waals surface area contributed by atoms with E-state index < -0.39 is 17.7 Å². The number of aliphatic hydroxyl groups excluding tert-OH is 1. The molecule has 1 atom stereocenters. The largest absolute Gasteiger partial charge is 0.484 e. The highest BCUT2D eigenvalue weighted by molar-refractivity contribution is 7.17. The Hall–Kier alpha value is -2.87. The number of rotatable bonds is 6. The molecule has 0 fully saturated rings. The van der Waals surface area contributed by atoms with Crippen LogP contribution in [-0.4, -0.2) is 26.1 Å². The third-order valence-electron chi connectivity index (χ3n) is 4.91. The second-order valence-corrected chi connectivity index (χ2v) is 10.0. The zero-order valence-electron chi connectivity index (χ0n) is 18.8. The maximum atomic E-state index is 13.1. The Balaban J connectivity index is 1.81. The van der Waals surface area contributed by atoms with Gasteiger partial charge in [-0.25, -0.2) is 9.78 Å². The Labute approximate surface area is 201 Å². The van der Waals surface area contributed by atoms with Crippen LogP contribution in [0.1, 0.15) is 54.7 Å². The van der Waals surface area contributed by atoms with Crippen molar-refractivity contribution in [2.45, 2.75) is 46.0 Å². The molecule has 4 aromatic rings. The van der Waals surface area contributed by atoms with Crippen LogP contribution in [0.5, 0.6) is 5.75 Å². The summed E-state index contributed by atoms with van der Waals surface area (Å²) in [6.07, 6.45) is 1.47. The number of hydrogen-bond acceptors (Lipinski definition) is 6. The molecule has 1 unspecified atom stereocenters. The summed E-state index contributed by atoms with van der Waals surface area (Å²) < 4.78 is 13.8. The monoisotopic (exact) mass is 484 g/mol. The minimum atomic E-state index is -0.660. The van der Waals surface area contributed by atoms with Gasteiger partial charge in [-0.2, -0.15) is 0 Å². The van der Waals surface area contributed by atoms with Crippen LogP contribution in [0.3, 0.4) is 0 Å². The SMILES string of the molecule is CC(Oc1cc(-c2c(CO)nc3ccccn23)sc1C(=O)OC(C)(C)C)c1ccccc1Cl.